The Kier molecular flexibility index (Phi) is 5.76. The third kappa shape index (κ3) is 4.20. The van der Waals surface area contributed by atoms with Crippen molar-refractivity contribution in [1.82, 2.24) is 10.0 Å². The first-order valence-electron chi connectivity index (χ1n) is 8.64. The van der Waals surface area contributed by atoms with Gasteiger partial charge in [-0.15, -0.1) is 0 Å². The van der Waals surface area contributed by atoms with E-state index in [0.717, 1.165) is 11.1 Å². The van der Waals surface area contributed by atoms with Crippen LogP contribution in [-0.2, 0) is 10.0 Å². The topological polar surface area (TPSA) is 103 Å². The SMILES string of the molecule is COc1cc(C)c(C)cc1S(=O)(=O)NCCNC(=O)c1ccc2c(c1)OCO2. The highest BCUT2D eigenvalue weighted by Crippen LogP contribution is 2.32. The quantitative estimate of drug-likeness (QED) is 0.679. The summed E-state index contributed by atoms with van der Waals surface area (Å²) in [6.07, 6.45) is 0. The Morgan fingerprint density at radius 3 is 2.54 bits per heavy atom. The zero-order valence-electron chi connectivity index (χ0n) is 15.9. The Labute approximate surface area is 163 Å². The number of fused-ring (bicyclic) bond motifs is 1. The highest BCUT2D eigenvalue weighted by molar-refractivity contribution is 7.89. The summed E-state index contributed by atoms with van der Waals surface area (Å²) in [5, 5.41) is 2.67. The van der Waals surface area contributed by atoms with Crippen LogP contribution in [0.1, 0.15) is 21.5 Å². The molecule has 0 saturated carbocycles. The molecule has 0 aromatic heterocycles. The lowest BCUT2D eigenvalue weighted by Gasteiger charge is -2.13. The maximum Gasteiger partial charge on any atom is 0.251 e. The number of aryl methyl sites for hydroxylation is 2. The minimum atomic E-state index is -3.78. The zero-order chi connectivity index (χ0) is 20.3. The lowest BCUT2D eigenvalue weighted by molar-refractivity contribution is 0.0954. The highest BCUT2D eigenvalue weighted by Gasteiger charge is 2.20. The predicted molar refractivity (Wildman–Crippen MR) is 103 cm³/mol. The Hall–Kier alpha value is -2.78. The van der Waals surface area contributed by atoms with Gasteiger partial charge in [0.25, 0.3) is 5.91 Å². The Bertz CT molecular complexity index is 1000. The number of hydrogen-bond donors (Lipinski definition) is 2. The molecular weight excluding hydrogens is 384 g/mol. The van der Waals surface area contributed by atoms with E-state index in [2.05, 4.69) is 10.0 Å². The van der Waals surface area contributed by atoms with Crippen LogP contribution in [0, 0.1) is 13.8 Å². The van der Waals surface area contributed by atoms with Crippen LogP contribution in [0.15, 0.2) is 35.2 Å². The van der Waals surface area contributed by atoms with Gasteiger partial charge in [0, 0.05) is 18.7 Å². The van der Waals surface area contributed by atoms with Crippen LogP contribution in [0.5, 0.6) is 17.2 Å². The Morgan fingerprint density at radius 2 is 1.79 bits per heavy atom. The molecule has 0 atom stereocenters. The second kappa shape index (κ2) is 8.07. The van der Waals surface area contributed by atoms with Crippen molar-refractivity contribution in [3.05, 3.63) is 47.0 Å². The van der Waals surface area contributed by atoms with E-state index in [9.17, 15) is 13.2 Å². The summed E-state index contributed by atoms with van der Waals surface area (Å²) in [6, 6.07) is 8.12. The number of carbonyl (C=O) groups excluding carboxylic acids is 1. The summed E-state index contributed by atoms with van der Waals surface area (Å²) in [7, 11) is -2.35. The summed E-state index contributed by atoms with van der Waals surface area (Å²) in [6.45, 7) is 4.01. The van der Waals surface area contributed by atoms with Gasteiger partial charge in [0.1, 0.15) is 10.6 Å². The molecule has 0 bridgehead atoms. The molecule has 2 aromatic rings. The number of hydrogen-bond acceptors (Lipinski definition) is 6. The van der Waals surface area contributed by atoms with Crippen LogP contribution in [0.3, 0.4) is 0 Å². The number of nitrogens with one attached hydrogen (secondary N) is 2. The number of benzene rings is 2. The lowest BCUT2D eigenvalue weighted by Crippen LogP contribution is -2.34. The molecular formula is C19H22N2O6S. The van der Waals surface area contributed by atoms with Crippen LogP contribution < -0.4 is 24.2 Å². The molecule has 9 heteroatoms. The third-order valence-corrected chi connectivity index (χ3v) is 5.89. The molecule has 150 valence electrons. The first-order chi connectivity index (χ1) is 13.3. The van der Waals surface area contributed by atoms with Crippen molar-refractivity contribution in [2.45, 2.75) is 18.7 Å². The van der Waals surface area contributed by atoms with Gasteiger partial charge in [0.15, 0.2) is 11.5 Å². The zero-order valence-corrected chi connectivity index (χ0v) is 16.7. The molecule has 1 heterocycles. The minimum absolute atomic E-state index is 0.0364. The number of methoxy groups -OCH3 is 1. The predicted octanol–water partition coefficient (Wildman–Crippen LogP) is 1.75. The number of rotatable bonds is 7. The number of ether oxygens (including phenoxy) is 3. The summed E-state index contributed by atoms with van der Waals surface area (Å²) >= 11 is 0. The molecule has 2 N–H and O–H groups in total. The second-order valence-corrected chi connectivity index (χ2v) is 8.04. The van der Waals surface area contributed by atoms with Crippen LogP contribution in [0.25, 0.3) is 0 Å². The summed E-state index contributed by atoms with van der Waals surface area (Å²) < 4.78 is 43.3. The molecule has 1 aliphatic rings. The van der Waals surface area contributed by atoms with Crippen molar-refractivity contribution in [2.24, 2.45) is 0 Å². The van der Waals surface area contributed by atoms with Crippen molar-refractivity contribution in [2.75, 3.05) is 27.0 Å². The largest absolute Gasteiger partial charge is 0.495 e. The van der Waals surface area contributed by atoms with E-state index in [-0.39, 0.29) is 36.4 Å². The summed E-state index contributed by atoms with van der Waals surface area (Å²) in [5.41, 5.74) is 2.19. The van der Waals surface area contributed by atoms with Crippen molar-refractivity contribution in [1.29, 1.82) is 0 Å². The van der Waals surface area contributed by atoms with Crippen molar-refractivity contribution < 1.29 is 27.4 Å². The van der Waals surface area contributed by atoms with Crippen LogP contribution >= 0.6 is 0 Å². The molecule has 1 amide bonds. The molecule has 0 saturated heterocycles. The first-order valence-corrected chi connectivity index (χ1v) is 10.1. The molecule has 1 aliphatic heterocycles. The highest BCUT2D eigenvalue weighted by atomic mass is 32.2. The number of sulfonamides is 1. The molecule has 0 unspecified atom stereocenters. The van der Waals surface area contributed by atoms with Crippen LogP contribution in [0.4, 0.5) is 0 Å². The van der Waals surface area contributed by atoms with Gasteiger partial charge in [-0.1, -0.05) is 0 Å². The van der Waals surface area contributed by atoms with E-state index >= 15 is 0 Å². The molecule has 0 spiro atoms. The molecule has 0 radical (unpaired) electrons. The molecule has 0 aliphatic carbocycles. The molecule has 8 nitrogen and oxygen atoms in total. The van der Waals surface area contributed by atoms with Gasteiger partial charge in [-0.25, -0.2) is 13.1 Å². The van der Waals surface area contributed by atoms with Gasteiger partial charge >= 0.3 is 0 Å². The van der Waals surface area contributed by atoms with Gasteiger partial charge in [-0.05, 0) is 55.3 Å². The lowest BCUT2D eigenvalue weighted by atomic mass is 10.1. The molecule has 0 fully saturated rings. The van der Waals surface area contributed by atoms with E-state index in [1.54, 1.807) is 30.3 Å². The average Bonchev–Trinajstić information content (AvgIpc) is 3.14. The van der Waals surface area contributed by atoms with Gasteiger partial charge in [-0.2, -0.15) is 0 Å². The summed E-state index contributed by atoms with van der Waals surface area (Å²) in [4.78, 5) is 12.3. The Balaban J connectivity index is 1.59. The van der Waals surface area contributed by atoms with E-state index in [1.807, 2.05) is 13.8 Å². The van der Waals surface area contributed by atoms with Crippen LogP contribution in [-0.4, -0.2) is 41.3 Å². The summed E-state index contributed by atoms with van der Waals surface area (Å²) in [5.74, 6) is 1.04. The normalized spacial score (nSPS) is 12.7. The molecule has 3 rings (SSSR count). The maximum absolute atomic E-state index is 12.6. The van der Waals surface area contributed by atoms with E-state index in [1.165, 1.54) is 7.11 Å². The van der Waals surface area contributed by atoms with E-state index in [0.29, 0.717) is 17.1 Å². The van der Waals surface area contributed by atoms with Crippen LogP contribution in [0.2, 0.25) is 0 Å². The minimum Gasteiger partial charge on any atom is -0.495 e. The Morgan fingerprint density at radius 1 is 1.07 bits per heavy atom. The number of amides is 1. The van der Waals surface area contributed by atoms with Crippen molar-refractivity contribution >= 4 is 15.9 Å². The molecule has 2 aromatic carbocycles. The third-order valence-electron chi connectivity index (χ3n) is 4.41. The number of carbonyl (C=O) groups is 1. The van der Waals surface area contributed by atoms with E-state index < -0.39 is 10.0 Å². The second-order valence-electron chi connectivity index (χ2n) is 6.31. The molecule has 28 heavy (non-hydrogen) atoms. The van der Waals surface area contributed by atoms with Crippen molar-refractivity contribution in [3.63, 3.8) is 0 Å². The van der Waals surface area contributed by atoms with Gasteiger partial charge in [-0.3, -0.25) is 4.79 Å². The monoisotopic (exact) mass is 406 g/mol. The fourth-order valence-electron chi connectivity index (χ4n) is 2.71. The smallest absolute Gasteiger partial charge is 0.251 e. The van der Waals surface area contributed by atoms with Gasteiger partial charge in [0.05, 0.1) is 7.11 Å². The van der Waals surface area contributed by atoms with E-state index in [4.69, 9.17) is 14.2 Å². The van der Waals surface area contributed by atoms with Crippen molar-refractivity contribution in [3.8, 4) is 17.2 Å². The average molecular weight is 406 g/mol. The standard InChI is InChI=1S/C19H22N2O6S/c1-12-8-17(25-3)18(9-13(12)2)28(23,24)21-7-6-20-19(22)14-4-5-15-16(10-14)27-11-26-15/h4-5,8-10,21H,6-7,11H2,1-3H3,(H,20,22). The fraction of sp³-hybridized carbons (Fsp3) is 0.316. The first kappa shape index (κ1) is 20.0. The maximum atomic E-state index is 12.6. The fourth-order valence-corrected chi connectivity index (χ4v) is 3.98. The van der Waals surface area contributed by atoms with Gasteiger partial charge < -0.3 is 19.5 Å². The van der Waals surface area contributed by atoms with Gasteiger partial charge in [0.2, 0.25) is 16.8 Å².